The molecule has 96 valence electrons. The van der Waals surface area contributed by atoms with Gasteiger partial charge in [0.25, 0.3) is 0 Å². The lowest BCUT2D eigenvalue weighted by Gasteiger charge is -2.02. The van der Waals surface area contributed by atoms with Crippen molar-refractivity contribution in [1.82, 2.24) is 0 Å². The van der Waals surface area contributed by atoms with Crippen molar-refractivity contribution < 1.29 is 13.2 Å². The summed E-state index contributed by atoms with van der Waals surface area (Å²) in [4.78, 5) is 0. The number of benzene rings is 2. The highest BCUT2D eigenvalue weighted by Gasteiger charge is 2.14. The summed E-state index contributed by atoms with van der Waals surface area (Å²) in [5.41, 5.74) is 6.80. The normalized spacial score (nSPS) is 11.1. The quantitative estimate of drug-likeness (QED) is 0.663. The van der Waals surface area contributed by atoms with E-state index in [0.717, 1.165) is 23.1 Å². The van der Waals surface area contributed by atoms with E-state index >= 15 is 0 Å². The molecule has 0 radical (unpaired) electrons. The Morgan fingerprint density at radius 1 is 1.05 bits per heavy atom. The fourth-order valence-electron chi connectivity index (χ4n) is 2.09. The highest BCUT2D eigenvalue weighted by atomic mass is 19.1. The number of hydrogen-bond donors (Lipinski definition) is 1. The molecule has 0 atom stereocenters. The molecule has 0 saturated heterocycles. The third-order valence-electron chi connectivity index (χ3n) is 3.09. The highest BCUT2D eigenvalue weighted by Crippen LogP contribution is 2.32. The Labute approximate surface area is 108 Å². The molecular formula is C15H11F2NO. The maximum atomic E-state index is 13.8. The van der Waals surface area contributed by atoms with E-state index < -0.39 is 11.6 Å². The van der Waals surface area contributed by atoms with Crippen molar-refractivity contribution in [2.24, 2.45) is 0 Å². The number of aryl methyl sites for hydroxylation is 1. The van der Waals surface area contributed by atoms with Crippen LogP contribution in [0.4, 0.5) is 14.5 Å². The predicted octanol–water partition coefficient (Wildman–Crippen LogP) is 4.27. The molecule has 0 bridgehead atoms. The van der Waals surface area contributed by atoms with Crippen LogP contribution in [0.3, 0.4) is 0 Å². The molecular weight excluding hydrogens is 248 g/mol. The van der Waals surface area contributed by atoms with Gasteiger partial charge in [0.05, 0.1) is 11.3 Å². The molecule has 2 nitrogen and oxygen atoms in total. The van der Waals surface area contributed by atoms with Gasteiger partial charge in [-0.15, -0.1) is 0 Å². The maximum absolute atomic E-state index is 13.8. The summed E-state index contributed by atoms with van der Waals surface area (Å²) in [5, 5.41) is 0.853. The summed E-state index contributed by atoms with van der Waals surface area (Å²) >= 11 is 0. The van der Waals surface area contributed by atoms with Crippen LogP contribution in [0.15, 0.2) is 40.8 Å². The van der Waals surface area contributed by atoms with Crippen molar-refractivity contribution in [1.29, 1.82) is 0 Å². The van der Waals surface area contributed by atoms with Crippen molar-refractivity contribution >= 4 is 16.7 Å². The first-order chi connectivity index (χ1) is 9.06. The van der Waals surface area contributed by atoms with Gasteiger partial charge in [0.15, 0.2) is 0 Å². The highest BCUT2D eigenvalue weighted by molar-refractivity contribution is 5.85. The molecule has 0 fully saturated rings. The Bertz CT molecular complexity index is 777. The molecule has 0 aliphatic carbocycles. The van der Waals surface area contributed by atoms with Gasteiger partial charge in [-0.1, -0.05) is 18.2 Å². The number of halogens is 2. The van der Waals surface area contributed by atoms with Crippen LogP contribution in [0.5, 0.6) is 0 Å². The average Bonchev–Trinajstić information content (AvgIpc) is 2.79. The minimum Gasteiger partial charge on any atom is -0.456 e. The van der Waals surface area contributed by atoms with E-state index in [0.29, 0.717) is 11.3 Å². The second kappa shape index (κ2) is 4.09. The molecule has 0 amide bonds. The first-order valence-corrected chi connectivity index (χ1v) is 5.80. The lowest BCUT2D eigenvalue weighted by Crippen LogP contribution is -1.93. The maximum Gasteiger partial charge on any atom is 0.147 e. The minimum atomic E-state index is -0.659. The van der Waals surface area contributed by atoms with Gasteiger partial charge in [0.2, 0.25) is 0 Å². The third kappa shape index (κ3) is 1.85. The zero-order valence-electron chi connectivity index (χ0n) is 10.2. The fourth-order valence-corrected chi connectivity index (χ4v) is 2.09. The van der Waals surface area contributed by atoms with Gasteiger partial charge in [-0.3, -0.25) is 0 Å². The van der Waals surface area contributed by atoms with E-state index in [9.17, 15) is 8.78 Å². The van der Waals surface area contributed by atoms with Crippen molar-refractivity contribution in [2.75, 3.05) is 5.73 Å². The van der Waals surface area contributed by atoms with Gasteiger partial charge in [0.1, 0.15) is 23.0 Å². The van der Waals surface area contributed by atoms with Crippen LogP contribution >= 0.6 is 0 Å². The van der Waals surface area contributed by atoms with Crippen LogP contribution in [-0.2, 0) is 0 Å². The Morgan fingerprint density at radius 2 is 1.84 bits per heavy atom. The van der Waals surface area contributed by atoms with Crippen LogP contribution in [0.2, 0.25) is 0 Å². The standard InChI is InChI=1S/C15H11F2NO/c1-8-3-2-4-9-5-14(19-15(8)9)10-6-12(17)13(18)7-11(10)16/h2-7H,18H2,1H3. The zero-order valence-corrected chi connectivity index (χ0v) is 10.2. The summed E-state index contributed by atoms with van der Waals surface area (Å²) in [6.45, 7) is 1.90. The second-order valence-electron chi connectivity index (χ2n) is 4.46. The monoisotopic (exact) mass is 259 g/mol. The van der Waals surface area contributed by atoms with E-state index in [2.05, 4.69) is 0 Å². The lowest BCUT2D eigenvalue weighted by molar-refractivity contribution is 0.587. The molecule has 1 aromatic heterocycles. The van der Waals surface area contributed by atoms with Gasteiger partial charge in [0, 0.05) is 11.5 Å². The van der Waals surface area contributed by atoms with Gasteiger partial charge < -0.3 is 10.2 Å². The number of fused-ring (bicyclic) bond motifs is 1. The van der Waals surface area contributed by atoms with Crippen LogP contribution in [-0.4, -0.2) is 0 Å². The molecule has 0 saturated carbocycles. The first-order valence-electron chi connectivity index (χ1n) is 5.80. The van der Waals surface area contributed by atoms with Crippen molar-refractivity contribution in [3.63, 3.8) is 0 Å². The number of rotatable bonds is 1. The smallest absolute Gasteiger partial charge is 0.147 e. The number of anilines is 1. The molecule has 0 unspecified atom stereocenters. The summed E-state index contributed by atoms with van der Waals surface area (Å²) in [5.74, 6) is -0.968. The summed E-state index contributed by atoms with van der Waals surface area (Å²) in [7, 11) is 0. The van der Waals surface area contributed by atoms with Gasteiger partial charge in [-0.2, -0.15) is 0 Å². The van der Waals surface area contributed by atoms with Gasteiger partial charge in [-0.25, -0.2) is 8.78 Å². The SMILES string of the molecule is Cc1cccc2cc(-c3cc(F)c(N)cc3F)oc12. The lowest BCUT2D eigenvalue weighted by atomic mass is 10.1. The number of nitrogens with two attached hydrogens (primary N) is 1. The number of nitrogen functional groups attached to an aromatic ring is 1. The Balaban J connectivity index is 2.25. The summed E-state index contributed by atoms with van der Waals surface area (Å²) < 4.78 is 32.9. The average molecular weight is 259 g/mol. The molecule has 2 aromatic carbocycles. The molecule has 0 aliphatic rings. The second-order valence-corrected chi connectivity index (χ2v) is 4.46. The number of furan rings is 1. The molecule has 19 heavy (non-hydrogen) atoms. The van der Waals surface area contributed by atoms with Crippen LogP contribution in [0.25, 0.3) is 22.3 Å². The van der Waals surface area contributed by atoms with Crippen molar-refractivity contribution in [3.8, 4) is 11.3 Å². The van der Waals surface area contributed by atoms with E-state index in [1.165, 1.54) is 0 Å². The Kier molecular flexibility index (Phi) is 2.52. The van der Waals surface area contributed by atoms with E-state index in [1.54, 1.807) is 6.07 Å². The zero-order chi connectivity index (χ0) is 13.6. The van der Waals surface area contributed by atoms with Crippen LogP contribution < -0.4 is 5.73 Å². The van der Waals surface area contributed by atoms with Crippen molar-refractivity contribution in [2.45, 2.75) is 6.92 Å². The van der Waals surface area contributed by atoms with Crippen LogP contribution in [0.1, 0.15) is 5.56 Å². The molecule has 2 N–H and O–H groups in total. The first kappa shape index (κ1) is 11.7. The Morgan fingerprint density at radius 3 is 2.58 bits per heavy atom. The molecule has 0 aliphatic heterocycles. The minimum absolute atomic E-state index is 0.0716. The third-order valence-corrected chi connectivity index (χ3v) is 3.09. The molecule has 3 aromatic rings. The topological polar surface area (TPSA) is 39.2 Å². The number of hydrogen-bond acceptors (Lipinski definition) is 2. The van der Waals surface area contributed by atoms with E-state index in [-0.39, 0.29) is 11.3 Å². The van der Waals surface area contributed by atoms with E-state index in [1.807, 2.05) is 25.1 Å². The molecule has 0 spiro atoms. The number of para-hydroxylation sites is 1. The van der Waals surface area contributed by atoms with Crippen molar-refractivity contribution in [3.05, 3.63) is 53.6 Å². The van der Waals surface area contributed by atoms with E-state index in [4.69, 9.17) is 10.2 Å². The van der Waals surface area contributed by atoms with Gasteiger partial charge in [-0.05, 0) is 24.6 Å². The Hall–Kier alpha value is -2.36. The summed E-state index contributed by atoms with van der Waals surface area (Å²) in [6.07, 6.45) is 0. The largest absolute Gasteiger partial charge is 0.456 e. The molecule has 1 heterocycles. The molecule has 3 rings (SSSR count). The fraction of sp³-hybridized carbons (Fsp3) is 0.0667. The van der Waals surface area contributed by atoms with Gasteiger partial charge >= 0.3 is 0 Å². The predicted molar refractivity (Wildman–Crippen MR) is 70.7 cm³/mol. The summed E-state index contributed by atoms with van der Waals surface area (Å²) in [6, 6.07) is 9.35. The van der Waals surface area contributed by atoms with Crippen LogP contribution in [0, 0.1) is 18.6 Å². The molecule has 4 heteroatoms.